The number of ketones is 1. The third-order valence-corrected chi connectivity index (χ3v) is 5.11. The Morgan fingerprint density at radius 3 is 2.21 bits per heavy atom. The van der Waals surface area contributed by atoms with Crippen LogP contribution in [0, 0.1) is 0 Å². The Balaban J connectivity index is 1.36. The molecule has 2 bridgehead atoms. The molecular formula is C20H20ClNO2. The normalized spacial score (nSPS) is 25.1. The maximum absolute atomic E-state index is 12.2. The summed E-state index contributed by atoms with van der Waals surface area (Å²) < 4.78 is 6.02. The topological polar surface area (TPSA) is 38.3 Å². The molecule has 2 aliphatic heterocycles. The number of halogens is 1. The third kappa shape index (κ3) is 3.39. The van der Waals surface area contributed by atoms with Crippen molar-refractivity contribution in [2.75, 3.05) is 6.54 Å². The van der Waals surface area contributed by atoms with Gasteiger partial charge in [-0.15, -0.1) is 0 Å². The van der Waals surface area contributed by atoms with Crippen molar-refractivity contribution >= 4 is 17.4 Å². The largest absolute Gasteiger partial charge is 0.367 e. The van der Waals surface area contributed by atoms with Gasteiger partial charge in [0.1, 0.15) is 5.78 Å². The number of hydrogen-bond acceptors (Lipinski definition) is 3. The van der Waals surface area contributed by atoms with Crippen LogP contribution in [-0.2, 0) is 22.4 Å². The fraction of sp³-hybridized carbons (Fsp3) is 0.350. The van der Waals surface area contributed by atoms with Crippen molar-refractivity contribution in [2.45, 2.75) is 37.5 Å². The smallest absolute Gasteiger partial charge is 0.141 e. The van der Waals surface area contributed by atoms with Gasteiger partial charge in [0.25, 0.3) is 0 Å². The molecule has 0 radical (unpaired) electrons. The van der Waals surface area contributed by atoms with Gasteiger partial charge in [-0.05, 0) is 35.2 Å². The van der Waals surface area contributed by atoms with Gasteiger partial charge in [-0.3, -0.25) is 4.79 Å². The van der Waals surface area contributed by atoms with Crippen LogP contribution in [0.3, 0.4) is 0 Å². The molecule has 2 aliphatic rings. The van der Waals surface area contributed by atoms with Crippen molar-refractivity contribution in [3.63, 3.8) is 0 Å². The van der Waals surface area contributed by atoms with E-state index in [0.717, 1.165) is 24.1 Å². The SMILES string of the molecule is O=C(Cc1ccc(Cl)cc1)Cc1ccc([C@H]2O[C@@H]3CN[C@H]2C3)cc1. The van der Waals surface area contributed by atoms with Crippen LogP contribution in [-0.4, -0.2) is 24.5 Å². The molecule has 3 atom stereocenters. The molecule has 0 aromatic heterocycles. The monoisotopic (exact) mass is 341 g/mol. The van der Waals surface area contributed by atoms with Crippen LogP contribution in [0.15, 0.2) is 48.5 Å². The number of nitrogens with one attached hydrogen (secondary N) is 1. The fourth-order valence-corrected chi connectivity index (χ4v) is 3.75. The second-order valence-corrected chi connectivity index (χ2v) is 7.13. The summed E-state index contributed by atoms with van der Waals surface area (Å²) in [6, 6.07) is 16.2. The molecular weight excluding hydrogens is 322 g/mol. The van der Waals surface area contributed by atoms with E-state index >= 15 is 0 Å². The number of Topliss-reactive ketones (excluding diaryl/α,β-unsaturated/α-hetero) is 1. The number of ether oxygens (including phenoxy) is 1. The molecule has 24 heavy (non-hydrogen) atoms. The summed E-state index contributed by atoms with van der Waals surface area (Å²) in [4.78, 5) is 12.2. The lowest BCUT2D eigenvalue weighted by Gasteiger charge is -2.23. The van der Waals surface area contributed by atoms with Crippen molar-refractivity contribution in [3.05, 3.63) is 70.2 Å². The van der Waals surface area contributed by atoms with E-state index in [1.54, 1.807) is 0 Å². The standard InChI is InChI=1S/C20H20ClNO2/c21-16-7-3-14(4-8-16)10-17(23)9-13-1-5-15(6-2-13)20-19-11-18(24-20)12-22-19/h1-8,18-20,22H,9-12H2/t18-,19-,20+/m0/s1. The van der Waals surface area contributed by atoms with Gasteiger partial charge in [0, 0.05) is 30.5 Å². The highest BCUT2D eigenvalue weighted by atomic mass is 35.5. The highest BCUT2D eigenvalue weighted by Gasteiger charge is 2.41. The van der Waals surface area contributed by atoms with Crippen molar-refractivity contribution in [1.82, 2.24) is 5.32 Å². The van der Waals surface area contributed by atoms with Crippen molar-refractivity contribution in [3.8, 4) is 0 Å². The summed E-state index contributed by atoms with van der Waals surface area (Å²) >= 11 is 5.87. The summed E-state index contributed by atoms with van der Waals surface area (Å²) in [6.07, 6.45) is 2.52. The summed E-state index contributed by atoms with van der Waals surface area (Å²) in [7, 11) is 0. The molecule has 1 N–H and O–H groups in total. The lowest BCUT2D eigenvalue weighted by Crippen LogP contribution is -2.33. The molecule has 2 saturated heterocycles. The van der Waals surface area contributed by atoms with Crippen molar-refractivity contribution in [2.24, 2.45) is 0 Å². The van der Waals surface area contributed by atoms with Gasteiger partial charge < -0.3 is 10.1 Å². The molecule has 124 valence electrons. The van der Waals surface area contributed by atoms with E-state index in [4.69, 9.17) is 16.3 Å². The van der Waals surface area contributed by atoms with E-state index in [9.17, 15) is 4.79 Å². The fourth-order valence-electron chi connectivity index (χ4n) is 3.63. The number of carbonyl (C=O) groups excluding carboxylic acids is 1. The van der Waals surface area contributed by atoms with Crippen LogP contribution >= 0.6 is 11.6 Å². The van der Waals surface area contributed by atoms with Gasteiger partial charge in [0.2, 0.25) is 0 Å². The predicted octanol–water partition coefficient (Wildman–Crippen LogP) is 3.50. The van der Waals surface area contributed by atoms with E-state index < -0.39 is 0 Å². The molecule has 0 amide bonds. The van der Waals surface area contributed by atoms with E-state index in [-0.39, 0.29) is 11.9 Å². The Morgan fingerprint density at radius 2 is 1.67 bits per heavy atom. The van der Waals surface area contributed by atoms with Gasteiger partial charge in [-0.25, -0.2) is 0 Å². The van der Waals surface area contributed by atoms with E-state index in [0.29, 0.717) is 30.0 Å². The highest BCUT2D eigenvalue weighted by molar-refractivity contribution is 6.30. The Labute approximate surface area is 147 Å². The number of hydrogen-bond donors (Lipinski definition) is 1. The minimum Gasteiger partial charge on any atom is -0.367 e. The van der Waals surface area contributed by atoms with Gasteiger partial charge in [0.15, 0.2) is 0 Å². The lowest BCUT2D eigenvalue weighted by atomic mass is 9.98. The minimum absolute atomic E-state index is 0.155. The zero-order valence-corrected chi connectivity index (χ0v) is 14.1. The molecule has 0 spiro atoms. The van der Waals surface area contributed by atoms with Gasteiger partial charge >= 0.3 is 0 Å². The predicted molar refractivity (Wildman–Crippen MR) is 94.3 cm³/mol. The second kappa shape index (κ2) is 6.67. The molecule has 2 fully saturated rings. The first-order valence-electron chi connectivity index (χ1n) is 8.41. The highest BCUT2D eigenvalue weighted by Crippen LogP contribution is 2.36. The number of morpholine rings is 1. The maximum Gasteiger partial charge on any atom is 0.141 e. The first kappa shape index (κ1) is 15.8. The average Bonchev–Trinajstić information content (AvgIpc) is 3.21. The summed E-state index contributed by atoms with van der Waals surface area (Å²) in [5.74, 6) is 0.211. The first-order chi connectivity index (χ1) is 11.7. The average molecular weight is 342 g/mol. The van der Waals surface area contributed by atoms with E-state index in [2.05, 4.69) is 17.4 Å². The lowest BCUT2D eigenvalue weighted by molar-refractivity contribution is -0.117. The molecule has 2 heterocycles. The van der Waals surface area contributed by atoms with Crippen LogP contribution in [0.5, 0.6) is 0 Å². The van der Waals surface area contributed by atoms with Crippen LogP contribution < -0.4 is 5.32 Å². The third-order valence-electron chi connectivity index (χ3n) is 4.85. The molecule has 2 aromatic rings. The van der Waals surface area contributed by atoms with E-state index in [1.807, 2.05) is 36.4 Å². The van der Waals surface area contributed by atoms with Crippen LogP contribution in [0.2, 0.25) is 5.02 Å². The van der Waals surface area contributed by atoms with Crippen molar-refractivity contribution < 1.29 is 9.53 Å². The molecule has 4 rings (SSSR count). The molecule has 0 unspecified atom stereocenters. The Hall–Kier alpha value is -1.68. The van der Waals surface area contributed by atoms with E-state index in [1.165, 1.54) is 5.56 Å². The van der Waals surface area contributed by atoms with Crippen LogP contribution in [0.4, 0.5) is 0 Å². The second-order valence-electron chi connectivity index (χ2n) is 6.69. The van der Waals surface area contributed by atoms with Gasteiger partial charge in [0.05, 0.1) is 12.2 Å². The quantitative estimate of drug-likeness (QED) is 0.904. The zero-order chi connectivity index (χ0) is 16.5. The minimum atomic E-state index is 0.155. The van der Waals surface area contributed by atoms with Gasteiger partial charge in [-0.1, -0.05) is 48.0 Å². The number of carbonyl (C=O) groups is 1. The maximum atomic E-state index is 12.2. The summed E-state index contributed by atoms with van der Waals surface area (Å²) in [5.41, 5.74) is 3.25. The summed E-state index contributed by atoms with van der Waals surface area (Å²) in [6.45, 7) is 0.971. The number of benzene rings is 2. The molecule has 3 nitrogen and oxygen atoms in total. The Bertz CT molecular complexity index is 726. The van der Waals surface area contributed by atoms with Crippen molar-refractivity contribution in [1.29, 1.82) is 0 Å². The molecule has 0 aliphatic carbocycles. The molecule has 0 saturated carbocycles. The summed E-state index contributed by atoms with van der Waals surface area (Å²) in [5, 5.41) is 4.19. The molecule has 4 heteroatoms. The van der Waals surface area contributed by atoms with Crippen LogP contribution in [0.25, 0.3) is 0 Å². The number of fused-ring (bicyclic) bond motifs is 2. The Morgan fingerprint density at radius 1 is 1.04 bits per heavy atom. The first-order valence-corrected chi connectivity index (χ1v) is 8.79. The Kier molecular flexibility index (Phi) is 4.40. The zero-order valence-electron chi connectivity index (χ0n) is 13.4. The van der Waals surface area contributed by atoms with Gasteiger partial charge in [-0.2, -0.15) is 0 Å². The molecule has 2 aromatic carbocycles. The number of rotatable bonds is 5. The van der Waals surface area contributed by atoms with Crippen LogP contribution in [0.1, 0.15) is 29.2 Å².